The summed E-state index contributed by atoms with van der Waals surface area (Å²) in [4.78, 5) is 48.7. The van der Waals surface area contributed by atoms with Crippen LogP contribution in [0.15, 0.2) is 0 Å². The number of fused-ring (bicyclic) bond motifs is 1. The van der Waals surface area contributed by atoms with Crippen molar-refractivity contribution in [2.75, 3.05) is 98.5 Å². The Balaban J connectivity index is 1.29. The molecule has 15 heteroatoms. The minimum absolute atomic E-state index is 0.000850. The fourth-order valence-electron chi connectivity index (χ4n) is 4.01. The third-order valence-electron chi connectivity index (χ3n) is 6.24. The van der Waals surface area contributed by atoms with Gasteiger partial charge in [0.25, 0.3) is 0 Å². The van der Waals surface area contributed by atoms with E-state index < -0.39 is 0 Å². The van der Waals surface area contributed by atoms with Crippen LogP contribution in [0, 0.1) is 5.92 Å². The van der Waals surface area contributed by atoms with Crippen molar-refractivity contribution in [2.24, 2.45) is 5.92 Å². The summed E-state index contributed by atoms with van der Waals surface area (Å²) in [5, 5.41) is 11.5. The van der Waals surface area contributed by atoms with Gasteiger partial charge in [-0.05, 0) is 12.3 Å². The molecule has 0 spiro atoms. The lowest BCUT2D eigenvalue weighted by Gasteiger charge is -2.17. The highest BCUT2D eigenvalue weighted by Gasteiger charge is 2.46. The molecule has 3 atom stereocenters. The maximum absolute atomic E-state index is 11.9. The highest BCUT2D eigenvalue weighted by atomic mass is 32.2. The molecule has 2 saturated heterocycles. The van der Waals surface area contributed by atoms with E-state index in [1.165, 1.54) is 0 Å². The summed E-state index contributed by atoms with van der Waals surface area (Å²) in [6.07, 6.45) is 0.777. The van der Waals surface area contributed by atoms with Crippen LogP contribution in [0.25, 0.3) is 0 Å². The van der Waals surface area contributed by atoms with E-state index in [1.54, 1.807) is 4.90 Å². The van der Waals surface area contributed by atoms with E-state index in [-0.39, 0.29) is 62.3 Å². The topological polar surface area (TPSA) is 166 Å². The van der Waals surface area contributed by atoms with Gasteiger partial charge in [0.2, 0.25) is 17.7 Å². The van der Waals surface area contributed by atoms with Crippen molar-refractivity contribution < 1.29 is 42.9 Å². The molecule has 5 amide bonds. The molecule has 4 N–H and O–H groups in total. The zero-order valence-electron chi connectivity index (χ0n) is 24.4. The van der Waals surface area contributed by atoms with Gasteiger partial charge in [-0.1, -0.05) is 13.8 Å². The number of ether oxygens (including phenoxy) is 5. The summed E-state index contributed by atoms with van der Waals surface area (Å²) < 4.78 is 26.7. The summed E-state index contributed by atoms with van der Waals surface area (Å²) in [6, 6.07) is 0.347. The van der Waals surface area contributed by atoms with Crippen molar-refractivity contribution in [1.29, 1.82) is 0 Å². The molecule has 3 unspecified atom stereocenters. The molecule has 2 heterocycles. The molecule has 2 rings (SSSR count). The molecule has 0 bridgehead atoms. The van der Waals surface area contributed by atoms with Crippen molar-refractivity contribution in [3.63, 3.8) is 0 Å². The standard InChI is InChI=1S/C26H47N5O9S/c1-19(2)14-29-24(34)17-40-13-11-37-9-6-28-23(33)16-39-12-10-36-8-5-27-22(32)15-38-7-4-21-25-20(18-41-21)31(3)26(35)30-25/h19-21,25H,4-18H2,1-3H3,(H,27,32)(H,28,33)(H,29,34)(H,30,35). The lowest BCUT2D eigenvalue weighted by molar-refractivity contribution is -0.127. The number of carbonyl (C=O) groups excluding carboxylic acids is 4. The van der Waals surface area contributed by atoms with Gasteiger partial charge in [0.05, 0.1) is 51.7 Å². The monoisotopic (exact) mass is 605 g/mol. The first-order chi connectivity index (χ1) is 19.8. The molecule has 0 saturated carbocycles. The second kappa shape index (κ2) is 20.7. The summed E-state index contributed by atoms with van der Waals surface area (Å²) in [6.45, 7) is 7.51. The van der Waals surface area contributed by atoms with Gasteiger partial charge < -0.3 is 49.9 Å². The normalized spacial score (nSPS) is 19.8. The number of rotatable bonds is 23. The molecule has 0 aliphatic carbocycles. The van der Waals surface area contributed by atoms with Gasteiger partial charge in [-0.25, -0.2) is 4.79 Å². The predicted octanol–water partition coefficient (Wildman–Crippen LogP) is -1.03. The molecular formula is C26H47N5O9S. The van der Waals surface area contributed by atoms with Gasteiger partial charge in [0.1, 0.15) is 19.8 Å². The fourth-order valence-corrected chi connectivity index (χ4v) is 5.60. The minimum Gasteiger partial charge on any atom is -0.377 e. The average molecular weight is 606 g/mol. The van der Waals surface area contributed by atoms with E-state index in [4.69, 9.17) is 23.7 Å². The molecule has 2 aliphatic heterocycles. The summed E-state index contributed by atoms with van der Waals surface area (Å²) in [5.41, 5.74) is 0. The van der Waals surface area contributed by atoms with Crippen molar-refractivity contribution in [3.05, 3.63) is 0 Å². The molecule has 2 aliphatic rings. The Morgan fingerprint density at radius 1 is 0.829 bits per heavy atom. The molecule has 0 radical (unpaired) electrons. The Hall–Kier alpha value is -2.17. The van der Waals surface area contributed by atoms with Crippen molar-refractivity contribution in [3.8, 4) is 0 Å². The Morgan fingerprint density at radius 2 is 1.34 bits per heavy atom. The van der Waals surface area contributed by atoms with Crippen LogP contribution in [0.1, 0.15) is 20.3 Å². The number of likely N-dealkylation sites (N-methyl/N-ethyl adjacent to an activating group) is 1. The number of hydrogen-bond donors (Lipinski definition) is 4. The highest BCUT2D eigenvalue weighted by Crippen LogP contribution is 2.35. The summed E-state index contributed by atoms with van der Waals surface area (Å²) in [7, 11) is 1.82. The predicted molar refractivity (Wildman–Crippen MR) is 153 cm³/mol. The quantitative estimate of drug-likeness (QED) is 0.0836. The SMILES string of the molecule is CC(C)CNC(=O)COCCOCCNC(=O)COCCOCCNC(=O)COCCC1SCC2C1NC(=O)N2C. The van der Waals surface area contributed by atoms with Gasteiger partial charge in [0.15, 0.2) is 0 Å². The number of hydrogen-bond acceptors (Lipinski definition) is 10. The number of carbonyl (C=O) groups is 4. The van der Waals surface area contributed by atoms with Crippen LogP contribution >= 0.6 is 11.8 Å². The zero-order chi connectivity index (χ0) is 29.9. The zero-order valence-corrected chi connectivity index (χ0v) is 25.3. The molecule has 0 aromatic rings. The van der Waals surface area contributed by atoms with E-state index >= 15 is 0 Å². The van der Waals surface area contributed by atoms with Crippen LogP contribution in [0.5, 0.6) is 0 Å². The van der Waals surface area contributed by atoms with Crippen LogP contribution in [-0.4, -0.2) is 144 Å². The summed E-state index contributed by atoms with van der Waals surface area (Å²) in [5.74, 6) is 0.685. The third kappa shape index (κ3) is 15.0. The first-order valence-electron chi connectivity index (χ1n) is 14.1. The maximum Gasteiger partial charge on any atom is 0.317 e. The van der Waals surface area contributed by atoms with Crippen LogP contribution < -0.4 is 21.3 Å². The average Bonchev–Trinajstić information content (AvgIpc) is 3.46. The fraction of sp³-hybridized carbons (Fsp3) is 0.846. The number of urea groups is 1. The van der Waals surface area contributed by atoms with Gasteiger partial charge in [-0.15, -0.1) is 0 Å². The van der Waals surface area contributed by atoms with Crippen molar-refractivity contribution in [2.45, 2.75) is 37.6 Å². The molecule has 0 aromatic heterocycles. The second-order valence-corrected chi connectivity index (χ2v) is 11.4. The first kappa shape index (κ1) is 35.0. The van der Waals surface area contributed by atoms with Crippen molar-refractivity contribution in [1.82, 2.24) is 26.2 Å². The van der Waals surface area contributed by atoms with Gasteiger partial charge in [0, 0.05) is 44.3 Å². The van der Waals surface area contributed by atoms with E-state index in [0.29, 0.717) is 70.4 Å². The number of amides is 5. The van der Waals surface area contributed by atoms with E-state index in [9.17, 15) is 19.2 Å². The molecule has 0 aromatic carbocycles. The smallest absolute Gasteiger partial charge is 0.317 e. The van der Waals surface area contributed by atoms with E-state index in [0.717, 1.165) is 12.2 Å². The van der Waals surface area contributed by atoms with Crippen LogP contribution in [0.3, 0.4) is 0 Å². The van der Waals surface area contributed by atoms with Gasteiger partial charge in [-0.3, -0.25) is 14.4 Å². The first-order valence-corrected chi connectivity index (χ1v) is 15.2. The van der Waals surface area contributed by atoms with Gasteiger partial charge >= 0.3 is 6.03 Å². The molecule has 2 fully saturated rings. The van der Waals surface area contributed by atoms with E-state index in [1.807, 2.05) is 32.7 Å². The lowest BCUT2D eigenvalue weighted by atomic mass is 10.1. The molecular weight excluding hydrogens is 558 g/mol. The highest BCUT2D eigenvalue weighted by molar-refractivity contribution is 8.00. The Labute approximate surface area is 246 Å². The number of thioether (sulfide) groups is 1. The Morgan fingerprint density at radius 3 is 1.90 bits per heavy atom. The minimum atomic E-state index is -0.259. The van der Waals surface area contributed by atoms with E-state index in [2.05, 4.69) is 21.3 Å². The van der Waals surface area contributed by atoms with Crippen LogP contribution in [-0.2, 0) is 38.1 Å². The molecule has 41 heavy (non-hydrogen) atoms. The Kier molecular flexibility index (Phi) is 17.7. The third-order valence-corrected chi connectivity index (χ3v) is 7.73. The van der Waals surface area contributed by atoms with Gasteiger partial charge in [-0.2, -0.15) is 11.8 Å². The lowest BCUT2D eigenvalue weighted by Crippen LogP contribution is -2.37. The largest absolute Gasteiger partial charge is 0.377 e. The maximum atomic E-state index is 11.9. The molecule has 236 valence electrons. The van der Waals surface area contributed by atoms with Crippen LogP contribution in [0.2, 0.25) is 0 Å². The number of nitrogens with one attached hydrogen (secondary N) is 4. The Bertz CT molecular complexity index is 807. The van der Waals surface area contributed by atoms with Crippen molar-refractivity contribution >= 4 is 35.5 Å². The second-order valence-electron chi connectivity index (χ2n) is 10.1. The van der Waals surface area contributed by atoms with Crippen LogP contribution in [0.4, 0.5) is 4.79 Å². The summed E-state index contributed by atoms with van der Waals surface area (Å²) >= 11 is 1.83. The number of nitrogens with zero attached hydrogens (tertiary/aromatic N) is 1. The molecule has 14 nitrogen and oxygen atoms in total.